The monoisotopic (exact) mass is 232 g/mol. The van der Waals surface area contributed by atoms with Gasteiger partial charge in [-0.25, -0.2) is 0 Å². The van der Waals surface area contributed by atoms with Crippen LogP contribution in [-0.2, 0) is 0 Å². The summed E-state index contributed by atoms with van der Waals surface area (Å²) in [5.74, 6) is 0.920. The van der Waals surface area contributed by atoms with E-state index in [1.54, 1.807) is 6.07 Å². The van der Waals surface area contributed by atoms with Crippen LogP contribution < -0.4 is 10.6 Å². The van der Waals surface area contributed by atoms with Crippen LogP contribution in [0.25, 0.3) is 0 Å². The van der Waals surface area contributed by atoms with E-state index in [1.807, 2.05) is 12.3 Å². The summed E-state index contributed by atoms with van der Waals surface area (Å²) in [6, 6.07) is 4.49. The van der Waals surface area contributed by atoms with Gasteiger partial charge in [0.25, 0.3) is 0 Å². The Bertz CT molecular complexity index is 442. The highest BCUT2D eigenvalue weighted by Crippen LogP contribution is 2.39. The molecule has 5 nitrogen and oxygen atoms in total. The SMILES string of the molecule is N/C(=N/O)c1ccc(N2CC3CCC2C3)cn1. The molecule has 1 aromatic rings. The van der Waals surface area contributed by atoms with Crippen molar-refractivity contribution in [1.29, 1.82) is 0 Å². The summed E-state index contributed by atoms with van der Waals surface area (Å²) in [5, 5.41) is 11.5. The Kier molecular flexibility index (Phi) is 2.39. The van der Waals surface area contributed by atoms with Gasteiger partial charge in [0.2, 0.25) is 0 Å². The zero-order valence-electron chi connectivity index (χ0n) is 9.58. The molecule has 0 radical (unpaired) electrons. The summed E-state index contributed by atoms with van der Waals surface area (Å²) in [5.41, 5.74) is 7.14. The predicted molar refractivity (Wildman–Crippen MR) is 65.2 cm³/mol. The standard InChI is InChI=1S/C12H16N4O/c13-12(15-17)11-4-3-10(6-14-11)16-7-8-1-2-9(16)5-8/h3-4,6,8-9,17H,1-2,5,7H2,(H2,13,15). The number of aromatic nitrogens is 1. The van der Waals surface area contributed by atoms with Crippen molar-refractivity contribution in [3.8, 4) is 0 Å². The van der Waals surface area contributed by atoms with Gasteiger partial charge >= 0.3 is 0 Å². The zero-order chi connectivity index (χ0) is 11.8. The van der Waals surface area contributed by atoms with E-state index in [1.165, 1.54) is 19.3 Å². The minimum Gasteiger partial charge on any atom is -0.409 e. The van der Waals surface area contributed by atoms with Crippen molar-refractivity contribution in [3.63, 3.8) is 0 Å². The highest BCUT2D eigenvalue weighted by molar-refractivity contribution is 5.95. The normalized spacial score (nSPS) is 27.8. The van der Waals surface area contributed by atoms with E-state index in [-0.39, 0.29) is 5.84 Å². The second-order valence-corrected chi connectivity index (χ2v) is 4.87. The molecule has 1 aliphatic heterocycles. The van der Waals surface area contributed by atoms with Crippen molar-refractivity contribution in [2.45, 2.75) is 25.3 Å². The Hall–Kier alpha value is -1.78. The highest BCUT2D eigenvalue weighted by atomic mass is 16.4. The summed E-state index contributed by atoms with van der Waals surface area (Å²) in [6.07, 6.45) is 5.81. The number of rotatable bonds is 2. The largest absolute Gasteiger partial charge is 0.409 e. The molecule has 0 aromatic carbocycles. The first-order valence-corrected chi connectivity index (χ1v) is 5.98. The third-order valence-electron chi connectivity index (χ3n) is 3.86. The lowest BCUT2D eigenvalue weighted by Gasteiger charge is -2.28. The van der Waals surface area contributed by atoms with E-state index < -0.39 is 0 Å². The molecule has 0 spiro atoms. The maximum atomic E-state index is 8.57. The number of fused-ring (bicyclic) bond motifs is 2. The summed E-state index contributed by atoms with van der Waals surface area (Å²) in [7, 11) is 0. The first kappa shape index (κ1) is 10.4. The van der Waals surface area contributed by atoms with Crippen molar-refractivity contribution in [3.05, 3.63) is 24.0 Å². The molecule has 2 fully saturated rings. The van der Waals surface area contributed by atoms with Crippen molar-refractivity contribution in [2.24, 2.45) is 16.8 Å². The van der Waals surface area contributed by atoms with Crippen LogP contribution in [0.2, 0.25) is 0 Å². The number of nitrogens with zero attached hydrogens (tertiary/aromatic N) is 3. The Balaban J connectivity index is 1.81. The molecule has 2 aliphatic rings. The number of anilines is 1. The fourth-order valence-electron chi connectivity index (χ4n) is 3.00. The molecule has 5 heteroatoms. The molecule has 3 rings (SSSR count). The van der Waals surface area contributed by atoms with Crippen LogP contribution in [-0.4, -0.2) is 28.6 Å². The van der Waals surface area contributed by atoms with Crippen molar-refractivity contribution < 1.29 is 5.21 Å². The van der Waals surface area contributed by atoms with Gasteiger partial charge in [0.15, 0.2) is 5.84 Å². The van der Waals surface area contributed by atoms with Crippen molar-refractivity contribution in [1.82, 2.24) is 4.98 Å². The van der Waals surface area contributed by atoms with Gasteiger partial charge in [0.1, 0.15) is 5.69 Å². The van der Waals surface area contributed by atoms with Gasteiger partial charge in [-0.1, -0.05) is 5.16 Å². The first-order valence-electron chi connectivity index (χ1n) is 5.98. The Labute approximate surface area is 99.9 Å². The van der Waals surface area contributed by atoms with E-state index in [0.717, 1.165) is 18.2 Å². The second-order valence-electron chi connectivity index (χ2n) is 4.87. The smallest absolute Gasteiger partial charge is 0.188 e. The molecule has 3 N–H and O–H groups in total. The third kappa shape index (κ3) is 1.71. The lowest BCUT2D eigenvalue weighted by Crippen LogP contribution is -2.32. The van der Waals surface area contributed by atoms with E-state index in [2.05, 4.69) is 15.0 Å². The molecule has 0 amide bonds. The topological polar surface area (TPSA) is 74.7 Å². The number of hydrogen-bond acceptors (Lipinski definition) is 4. The quantitative estimate of drug-likeness (QED) is 0.347. The van der Waals surface area contributed by atoms with Gasteiger partial charge in [0, 0.05) is 12.6 Å². The van der Waals surface area contributed by atoms with Crippen LogP contribution in [0, 0.1) is 5.92 Å². The van der Waals surface area contributed by atoms with E-state index in [9.17, 15) is 0 Å². The van der Waals surface area contributed by atoms with Crippen molar-refractivity contribution >= 4 is 11.5 Å². The van der Waals surface area contributed by atoms with E-state index in [4.69, 9.17) is 10.9 Å². The van der Waals surface area contributed by atoms with Crippen molar-refractivity contribution in [2.75, 3.05) is 11.4 Å². The summed E-state index contributed by atoms with van der Waals surface area (Å²) < 4.78 is 0. The number of pyridine rings is 1. The number of amidine groups is 1. The van der Waals surface area contributed by atoms with Gasteiger partial charge in [-0.3, -0.25) is 4.98 Å². The number of hydrogen-bond donors (Lipinski definition) is 2. The van der Waals surface area contributed by atoms with Crippen LogP contribution in [0.3, 0.4) is 0 Å². The zero-order valence-corrected chi connectivity index (χ0v) is 9.58. The van der Waals surface area contributed by atoms with Crippen LogP contribution in [0.1, 0.15) is 25.0 Å². The fourth-order valence-corrected chi connectivity index (χ4v) is 3.00. The molecule has 1 saturated carbocycles. The summed E-state index contributed by atoms with van der Waals surface area (Å²) in [6.45, 7) is 1.15. The molecular formula is C12H16N4O. The minimum absolute atomic E-state index is 0.0551. The molecule has 2 atom stereocenters. The average molecular weight is 232 g/mol. The second kappa shape index (κ2) is 3.91. The number of nitrogens with two attached hydrogens (primary N) is 1. The molecule has 1 saturated heterocycles. The number of piperidine rings is 1. The molecule has 1 aromatic heterocycles. The lowest BCUT2D eigenvalue weighted by atomic mass is 10.1. The van der Waals surface area contributed by atoms with E-state index >= 15 is 0 Å². The first-order chi connectivity index (χ1) is 8.28. The summed E-state index contributed by atoms with van der Waals surface area (Å²) in [4.78, 5) is 6.65. The lowest BCUT2D eigenvalue weighted by molar-refractivity contribution is 0.318. The molecule has 17 heavy (non-hydrogen) atoms. The maximum Gasteiger partial charge on any atom is 0.188 e. The molecular weight excluding hydrogens is 216 g/mol. The molecule has 2 unspecified atom stereocenters. The highest BCUT2D eigenvalue weighted by Gasteiger charge is 2.37. The Morgan fingerprint density at radius 1 is 1.47 bits per heavy atom. The Morgan fingerprint density at radius 3 is 2.88 bits per heavy atom. The molecule has 2 bridgehead atoms. The predicted octanol–water partition coefficient (Wildman–Crippen LogP) is 1.16. The van der Waals surface area contributed by atoms with Crippen LogP contribution >= 0.6 is 0 Å². The van der Waals surface area contributed by atoms with Crippen LogP contribution in [0.4, 0.5) is 5.69 Å². The van der Waals surface area contributed by atoms with Gasteiger partial charge in [0.05, 0.1) is 11.9 Å². The number of oxime groups is 1. The van der Waals surface area contributed by atoms with Gasteiger partial charge in [-0.05, 0) is 37.3 Å². The minimum atomic E-state index is 0.0551. The maximum absolute atomic E-state index is 8.57. The summed E-state index contributed by atoms with van der Waals surface area (Å²) >= 11 is 0. The van der Waals surface area contributed by atoms with E-state index in [0.29, 0.717) is 11.7 Å². The van der Waals surface area contributed by atoms with Gasteiger partial charge in [-0.2, -0.15) is 0 Å². The van der Waals surface area contributed by atoms with Crippen LogP contribution in [0.15, 0.2) is 23.5 Å². The van der Waals surface area contributed by atoms with Gasteiger partial charge in [-0.15, -0.1) is 0 Å². The third-order valence-corrected chi connectivity index (χ3v) is 3.86. The molecule has 2 heterocycles. The Morgan fingerprint density at radius 2 is 2.35 bits per heavy atom. The van der Waals surface area contributed by atoms with Gasteiger partial charge < -0.3 is 15.8 Å². The average Bonchev–Trinajstić information content (AvgIpc) is 3.00. The molecule has 1 aliphatic carbocycles. The fraction of sp³-hybridized carbons (Fsp3) is 0.500. The van der Waals surface area contributed by atoms with Crippen LogP contribution in [0.5, 0.6) is 0 Å². The molecule has 90 valence electrons.